The van der Waals surface area contributed by atoms with Gasteiger partial charge in [0.15, 0.2) is 5.96 Å². The molecule has 2 rings (SSSR count). The van der Waals surface area contributed by atoms with E-state index < -0.39 is 0 Å². The fraction of sp³-hybridized carbons (Fsp3) is 0.471. The van der Waals surface area contributed by atoms with Gasteiger partial charge in [-0.2, -0.15) is 5.26 Å². The van der Waals surface area contributed by atoms with Gasteiger partial charge in [-0.1, -0.05) is 0 Å². The maximum Gasteiger partial charge on any atom is 0.219 e. The predicted molar refractivity (Wildman–Crippen MR) is 89.8 cm³/mol. The molecule has 7 heteroatoms. The predicted octanol–water partition coefficient (Wildman–Crippen LogP) is 1.33. The number of nitrogens with one attached hydrogen (secondary N) is 1. The van der Waals surface area contributed by atoms with Crippen molar-refractivity contribution in [3.8, 4) is 6.07 Å². The van der Waals surface area contributed by atoms with Crippen molar-refractivity contribution in [1.29, 1.82) is 5.26 Å². The average molecular weight is 331 g/mol. The zero-order valence-electron chi connectivity index (χ0n) is 14.0. The number of carbonyl (C=O) groups is 1. The van der Waals surface area contributed by atoms with Crippen molar-refractivity contribution in [3.63, 3.8) is 0 Å². The van der Waals surface area contributed by atoms with E-state index in [-0.39, 0.29) is 18.3 Å². The van der Waals surface area contributed by atoms with Crippen molar-refractivity contribution in [2.24, 2.45) is 4.99 Å². The van der Waals surface area contributed by atoms with Crippen molar-refractivity contribution >= 4 is 11.9 Å². The molecule has 1 N–H and O–H groups in total. The van der Waals surface area contributed by atoms with E-state index in [1.165, 1.54) is 18.2 Å². The number of benzene rings is 1. The van der Waals surface area contributed by atoms with Crippen LogP contribution in [0, 0.1) is 17.1 Å². The van der Waals surface area contributed by atoms with Crippen molar-refractivity contribution in [3.05, 3.63) is 35.1 Å². The minimum absolute atomic E-state index is 0.0759. The van der Waals surface area contributed by atoms with Crippen molar-refractivity contribution < 1.29 is 9.18 Å². The first-order valence-electron chi connectivity index (χ1n) is 8.02. The second kappa shape index (κ2) is 8.29. The Bertz CT molecular complexity index is 659. The van der Waals surface area contributed by atoms with E-state index in [1.54, 1.807) is 11.8 Å². The quantitative estimate of drug-likeness (QED) is 0.670. The molecule has 0 bridgehead atoms. The molecule has 0 unspecified atom stereocenters. The molecule has 24 heavy (non-hydrogen) atoms. The van der Waals surface area contributed by atoms with Crippen molar-refractivity contribution in [1.82, 2.24) is 15.1 Å². The Morgan fingerprint density at radius 1 is 1.33 bits per heavy atom. The number of nitrogens with zero attached hydrogens (tertiary/aromatic N) is 4. The lowest BCUT2D eigenvalue weighted by atomic mass is 10.1. The molecule has 0 saturated carbocycles. The number of guanidine groups is 1. The molecule has 6 nitrogen and oxygen atoms in total. The van der Waals surface area contributed by atoms with Crippen LogP contribution in [-0.4, -0.2) is 54.4 Å². The van der Waals surface area contributed by atoms with Gasteiger partial charge in [-0.3, -0.25) is 4.79 Å². The normalized spacial score (nSPS) is 15.2. The summed E-state index contributed by atoms with van der Waals surface area (Å²) in [6, 6.07) is 6.28. The van der Waals surface area contributed by atoms with Crippen LogP contribution in [0.2, 0.25) is 0 Å². The number of hydrogen-bond acceptors (Lipinski definition) is 3. The van der Waals surface area contributed by atoms with Gasteiger partial charge < -0.3 is 15.1 Å². The number of piperazine rings is 1. The Morgan fingerprint density at radius 3 is 2.58 bits per heavy atom. The largest absolute Gasteiger partial charge is 0.357 e. The Balaban J connectivity index is 2.09. The summed E-state index contributed by atoms with van der Waals surface area (Å²) in [6.07, 6.45) is 0. The molecule has 0 aromatic heterocycles. The van der Waals surface area contributed by atoms with Gasteiger partial charge in [-0.05, 0) is 25.1 Å². The Morgan fingerprint density at radius 2 is 2.00 bits per heavy atom. The van der Waals surface area contributed by atoms with Crippen molar-refractivity contribution in [2.75, 3.05) is 32.7 Å². The summed E-state index contributed by atoms with van der Waals surface area (Å²) in [5, 5.41) is 12.1. The molecule has 128 valence electrons. The minimum atomic E-state index is -0.366. The monoisotopic (exact) mass is 331 g/mol. The highest BCUT2D eigenvalue weighted by Crippen LogP contribution is 2.12. The fourth-order valence-corrected chi connectivity index (χ4v) is 2.58. The maximum atomic E-state index is 13.9. The second-order valence-electron chi connectivity index (χ2n) is 5.58. The third-order valence-corrected chi connectivity index (χ3v) is 3.93. The van der Waals surface area contributed by atoms with Gasteiger partial charge >= 0.3 is 0 Å². The molecule has 0 aliphatic carbocycles. The molecule has 0 atom stereocenters. The van der Waals surface area contributed by atoms with Gasteiger partial charge in [0.2, 0.25) is 5.91 Å². The molecule has 1 aliphatic rings. The van der Waals surface area contributed by atoms with E-state index in [9.17, 15) is 9.18 Å². The van der Waals surface area contributed by atoms with Crippen LogP contribution in [0.15, 0.2) is 23.2 Å². The molecule has 1 saturated heterocycles. The van der Waals surface area contributed by atoms with E-state index in [1.807, 2.05) is 13.0 Å². The molecule has 1 amide bonds. The highest BCUT2D eigenvalue weighted by atomic mass is 19.1. The van der Waals surface area contributed by atoms with Gasteiger partial charge in [-0.15, -0.1) is 0 Å². The minimum Gasteiger partial charge on any atom is -0.357 e. The summed E-state index contributed by atoms with van der Waals surface area (Å²) in [5.41, 5.74) is 0.813. The lowest BCUT2D eigenvalue weighted by Crippen LogP contribution is -2.53. The molecule has 0 spiro atoms. The lowest BCUT2D eigenvalue weighted by molar-refractivity contribution is -0.130. The first-order valence-corrected chi connectivity index (χ1v) is 8.02. The molecular weight excluding hydrogens is 309 g/mol. The first kappa shape index (κ1) is 17.7. The lowest BCUT2D eigenvalue weighted by Gasteiger charge is -2.36. The standard InChI is InChI=1S/C17H22FN5O/c1-3-20-17(23-8-6-22(7-9-23)13(2)24)21-12-15-10-14(11-19)4-5-16(15)18/h4-5,10H,3,6-9,12H2,1-2H3,(H,20,21). The van der Waals surface area contributed by atoms with Crippen LogP contribution in [0.25, 0.3) is 0 Å². The molecule has 0 radical (unpaired) electrons. The zero-order valence-corrected chi connectivity index (χ0v) is 14.0. The van der Waals surface area contributed by atoms with Crippen LogP contribution in [0.5, 0.6) is 0 Å². The number of rotatable bonds is 3. The molecule has 1 heterocycles. The van der Waals surface area contributed by atoms with Crippen molar-refractivity contribution in [2.45, 2.75) is 20.4 Å². The third kappa shape index (κ3) is 4.44. The van der Waals surface area contributed by atoms with Crippen LogP contribution in [0.1, 0.15) is 25.0 Å². The summed E-state index contributed by atoms with van der Waals surface area (Å²) in [7, 11) is 0. The van der Waals surface area contributed by atoms with E-state index >= 15 is 0 Å². The smallest absolute Gasteiger partial charge is 0.219 e. The van der Waals surface area contributed by atoms with Gasteiger partial charge in [-0.25, -0.2) is 9.38 Å². The maximum absolute atomic E-state index is 13.9. The number of hydrogen-bond donors (Lipinski definition) is 1. The van der Waals surface area contributed by atoms with Crippen LogP contribution in [-0.2, 0) is 11.3 Å². The summed E-state index contributed by atoms with van der Waals surface area (Å²) < 4.78 is 13.9. The topological polar surface area (TPSA) is 71.7 Å². The highest BCUT2D eigenvalue weighted by molar-refractivity contribution is 5.80. The van der Waals surface area contributed by atoms with E-state index in [0.717, 1.165) is 0 Å². The van der Waals surface area contributed by atoms with Crippen LogP contribution >= 0.6 is 0 Å². The van der Waals surface area contributed by atoms with Gasteiger partial charge in [0.1, 0.15) is 5.82 Å². The summed E-state index contributed by atoms with van der Waals surface area (Å²) in [6.45, 7) is 7.08. The Hall–Kier alpha value is -2.62. The molecule has 1 aromatic carbocycles. The highest BCUT2D eigenvalue weighted by Gasteiger charge is 2.20. The summed E-state index contributed by atoms with van der Waals surface area (Å²) in [5.74, 6) is 0.407. The number of nitriles is 1. The molecule has 1 aliphatic heterocycles. The summed E-state index contributed by atoms with van der Waals surface area (Å²) in [4.78, 5) is 19.8. The SMILES string of the molecule is CCNC(=NCc1cc(C#N)ccc1F)N1CCN(C(C)=O)CC1. The molecule has 1 fully saturated rings. The Kier molecular flexibility index (Phi) is 6.13. The number of amides is 1. The third-order valence-electron chi connectivity index (χ3n) is 3.93. The van der Waals surface area contributed by atoms with Gasteiger partial charge in [0.05, 0.1) is 18.2 Å². The number of carbonyl (C=O) groups excluding carboxylic acids is 1. The van der Waals surface area contributed by atoms with Crippen LogP contribution in [0.3, 0.4) is 0 Å². The molecule has 1 aromatic rings. The zero-order chi connectivity index (χ0) is 17.5. The number of halogens is 1. The van der Waals surface area contributed by atoms with E-state index in [4.69, 9.17) is 5.26 Å². The Labute approximate surface area is 141 Å². The van der Waals surface area contributed by atoms with Crippen LogP contribution < -0.4 is 5.32 Å². The molecular formula is C17H22FN5O. The van der Waals surface area contributed by atoms with Gasteiger partial charge in [0.25, 0.3) is 0 Å². The van der Waals surface area contributed by atoms with E-state index in [2.05, 4.69) is 15.2 Å². The van der Waals surface area contributed by atoms with Crippen LogP contribution in [0.4, 0.5) is 4.39 Å². The fourth-order valence-electron chi connectivity index (χ4n) is 2.58. The first-order chi connectivity index (χ1) is 11.5. The van der Waals surface area contributed by atoms with Gasteiger partial charge in [0, 0.05) is 45.2 Å². The second-order valence-corrected chi connectivity index (χ2v) is 5.58. The summed E-state index contributed by atoms with van der Waals surface area (Å²) >= 11 is 0. The van der Waals surface area contributed by atoms with E-state index in [0.29, 0.717) is 49.8 Å². The average Bonchev–Trinajstić information content (AvgIpc) is 2.60. The number of aliphatic imine (C=N–C) groups is 1.